The molecule has 0 aliphatic rings. The van der Waals surface area contributed by atoms with Gasteiger partial charge in [0.1, 0.15) is 5.75 Å². The molecular formula is C15H13ClF2O. The number of hydrogen-bond donors (Lipinski definition) is 0. The number of ether oxygens (including phenoxy) is 1. The van der Waals surface area contributed by atoms with Gasteiger partial charge >= 0.3 is 0 Å². The summed E-state index contributed by atoms with van der Waals surface area (Å²) in [6, 6.07) is 10.9. The van der Waals surface area contributed by atoms with Gasteiger partial charge in [0.25, 0.3) is 0 Å². The SMILES string of the molecule is CCOc1ccccc1C(Cl)c1ccc(F)c(F)c1. The molecule has 4 heteroatoms. The summed E-state index contributed by atoms with van der Waals surface area (Å²) >= 11 is 6.33. The minimum absolute atomic E-state index is 0.493. The van der Waals surface area contributed by atoms with Crippen LogP contribution >= 0.6 is 11.6 Å². The predicted octanol–water partition coefficient (Wildman–Crippen LogP) is 4.69. The van der Waals surface area contributed by atoms with Crippen molar-refractivity contribution < 1.29 is 13.5 Å². The Morgan fingerprint density at radius 3 is 2.53 bits per heavy atom. The first kappa shape index (κ1) is 13.8. The molecule has 0 N–H and O–H groups in total. The Bertz CT molecular complexity index is 572. The maximum Gasteiger partial charge on any atom is 0.159 e. The first-order valence-corrected chi connectivity index (χ1v) is 6.38. The normalized spacial score (nSPS) is 12.2. The summed E-state index contributed by atoms with van der Waals surface area (Å²) in [5.41, 5.74) is 1.23. The van der Waals surface area contributed by atoms with Gasteiger partial charge in [-0.05, 0) is 30.7 Å². The lowest BCUT2D eigenvalue weighted by Crippen LogP contribution is -2.01. The minimum Gasteiger partial charge on any atom is -0.494 e. The molecule has 2 aromatic rings. The van der Waals surface area contributed by atoms with Crippen LogP contribution in [0, 0.1) is 11.6 Å². The number of para-hydroxylation sites is 1. The van der Waals surface area contributed by atoms with Crippen LogP contribution in [0.1, 0.15) is 23.4 Å². The molecule has 2 aromatic carbocycles. The van der Waals surface area contributed by atoms with Crippen LogP contribution in [0.15, 0.2) is 42.5 Å². The second-order valence-electron chi connectivity index (χ2n) is 4.01. The van der Waals surface area contributed by atoms with E-state index in [1.165, 1.54) is 6.07 Å². The first-order chi connectivity index (χ1) is 9.13. The molecule has 1 nitrogen and oxygen atoms in total. The van der Waals surface area contributed by atoms with Gasteiger partial charge in [0.2, 0.25) is 0 Å². The lowest BCUT2D eigenvalue weighted by atomic mass is 10.0. The van der Waals surface area contributed by atoms with Crippen LogP contribution in [0.5, 0.6) is 5.75 Å². The molecule has 0 fully saturated rings. The number of alkyl halides is 1. The molecule has 19 heavy (non-hydrogen) atoms. The molecular weight excluding hydrogens is 270 g/mol. The van der Waals surface area contributed by atoms with Crippen LogP contribution in [0.4, 0.5) is 8.78 Å². The van der Waals surface area contributed by atoms with Crippen molar-refractivity contribution in [1.82, 2.24) is 0 Å². The van der Waals surface area contributed by atoms with Gasteiger partial charge < -0.3 is 4.74 Å². The van der Waals surface area contributed by atoms with Gasteiger partial charge in [0, 0.05) is 5.56 Å². The molecule has 0 aliphatic heterocycles. The van der Waals surface area contributed by atoms with Gasteiger partial charge in [-0.25, -0.2) is 8.78 Å². The average Bonchev–Trinajstić information content (AvgIpc) is 2.42. The van der Waals surface area contributed by atoms with E-state index in [0.717, 1.165) is 17.7 Å². The zero-order valence-corrected chi connectivity index (χ0v) is 11.1. The second-order valence-corrected chi connectivity index (χ2v) is 4.44. The van der Waals surface area contributed by atoms with E-state index in [2.05, 4.69) is 0 Å². The smallest absolute Gasteiger partial charge is 0.159 e. The highest BCUT2D eigenvalue weighted by Crippen LogP contribution is 2.35. The van der Waals surface area contributed by atoms with Crippen molar-refractivity contribution in [2.24, 2.45) is 0 Å². The molecule has 0 aliphatic carbocycles. The van der Waals surface area contributed by atoms with Gasteiger partial charge in [0.15, 0.2) is 11.6 Å². The second kappa shape index (κ2) is 6.02. The third kappa shape index (κ3) is 3.04. The summed E-state index contributed by atoms with van der Waals surface area (Å²) in [5, 5.41) is -0.585. The zero-order valence-electron chi connectivity index (χ0n) is 10.4. The van der Waals surface area contributed by atoms with Gasteiger partial charge in [-0.1, -0.05) is 24.3 Å². The molecule has 0 saturated heterocycles. The largest absolute Gasteiger partial charge is 0.494 e. The molecule has 0 radical (unpaired) electrons. The highest BCUT2D eigenvalue weighted by atomic mass is 35.5. The maximum absolute atomic E-state index is 13.2. The quantitative estimate of drug-likeness (QED) is 0.739. The van der Waals surface area contributed by atoms with Crippen LogP contribution < -0.4 is 4.74 Å². The molecule has 0 bridgehead atoms. The van der Waals surface area contributed by atoms with E-state index in [1.807, 2.05) is 25.1 Å². The molecule has 1 atom stereocenters. The third-order valence-corrected chi connectivity index (χ3v) is 3.22. The van der Waals surface area contributed by atoms with E-state index in [4.69, 9.17) is 16.3 Å². The molecule has 0 amide bonds. The van der Waals surface area contributed by atoms with E-state index in [9.17, 15) is 8.78 Å². The average molecular weight is 283 g/mol. The summed E-state index contributed by atoms with van der Waals surface area (Å²) in [7, 11) is 0. The van der Waals surface area contributed by atoms with Crippen molar-refractivity contribution in [2.75, 3.05) is 6.61 Å². The van der Waals surface area contributed by atoms with Crippen molar-refractivity contribution >= 4 is 11.6 Å². The Morgan fingerprint density at radius 1 is 1.11 bits per heavy atom. The molecule has 100 valence electrons. The fourth-order valence-electron chi connectivity index (χ4n) is 1.83. The fraction of sp³-hybridized carbons (Fsp3) is 0.200. The van der Waals surface area contributed by atoms with Crippen molar-refractivity contribution in [1.29, 1.82) is 0 Å². The van der Waals surface area contributed by atoms with Crippen molar-refractivity contribution in [3.8, 4) is 5.75 Å². The molecule has 1 unspecified atom stereocenters. The zero-order chi connectivity index (χ0) is 13.8. The summed E-state index contributed by atoms with van der Waals surface area (Å²) in [6.07, 6.45) is 0. The molecule has 0 saturated carbocycles. The van der Waals surface area contributed by atoms with Crippen LogP contribution in [0.3, 0.4) is 0 Å². The summed E-state index contributed by atoms with van der Waals surface area (Å²) < 4.78 is 31.6. The highest BCUT2D eigenvalue weighted by molar-refractivity contribution is 6.22. The van der Waals surface area contributed by atoms with E-state index in [0.29, 0.717) is 17.9 Å². The van der Waals surface area contributed by atoms with Gasteiger partial charge in [-0.3, -0.25) is 0 Å². The van der Waals surface area contributed by atoms with E-state index in [1.54, 1.807) is 6.07 Å². The minimum atomic E-state index is -0.906. The highest BCUT2D eigenvalue weighted by Gasteiger charge is 2.17. The summed E-state index contributed by atoms with van der Waals surface area (Å²) in [4.78, 5) is 0. The number of rotatable bonds is 4. The molecule has 0 spiro atoms. The molecule has 0 heterocycles. The number of halogens is 3. The summed E-state index contributed by atoms with van der Waals surface area (Å²) in [5.74, 6) is -1.14. The van der Waals surface area contributed by atoms with Gasteiger partial charge in [-0.2, -0.15) is 0 Å². The predicted molar refractivity (Wildman–Crippen MR) is 71.7 cm³/mol. The van der Waals surface area contributed by atoms with Crippen molar-refractivity contribution in [3.63, 3.8) is 0 Å². The fourth-order valence-corrected chi connectivity index (χ4v) is 2.14. The van der Waals surface area contributed by atoms with E-state index in [-0.39, 0.29) is 0 Å². The first-order valence-electron chi connectivity index (χ1n) is 5.94. The Labute approximate surface area is 115 Å². The van der Waals surface area contributed by atoms with E-state index >= 15 is 0 Å². The topological polar surface area (TPSA) is 9.23 Å². The van der Waals surface area contributed by atoms with Crippen molar-refractivity contribution in [3.05, 3.63) is 65.2 Å². The van der Waals surface area contributed by atoms with Crippen LogP contribution in [-0.2, 0) is 0 Å². The van der Waals surface area contributed by atoms with E-state index < -0.39 is 17.0 Å². The Hall–Kier alpha value is -1.61. The molecule has 0 aromatic heterocycles. The lowest BCUT2D eigenvalue weighted by Gasteiger charge is -2.15. The van der Waals surface area contributed by atoms with Crippen LogP contribution in [0.25, 0.3) is 0 Å². The van der Waals surface area contributed by atoms with Crippen LogP contribution in [-0.4, -0.2) is 6.61 Å². The lowest BCUT2D eigenvalue weighted by molar-refractivity contribution is 0.337. The molecule has 2 rings (SSSR count). The Kier molecular flexibility index (Phi) is 4.38. The van der Waals surface area contributed by atoms with Crippen LogP contribution in [0.2, 0.25) is 0 Å². The van der Waals surface area contributed by atoms with Gasteiger partial charge in [0.05, 0.1) is 12.0 Å². The maximum atomic E-state index is 13.2. The summed E-state index contributed by atoms with van der Waals surface area (Å²) in [6.45, 7) is 2.38. The Balaban J connectivity index is 2.37. The van der Waals surface area contributed by atoms with Crippen molar-refractivity contribution in [2.45, 2.75) is 12.3 Å². The Morgan fingerprint density at radius 2 is 1.84 bits per heavy atom. The monoisotopic (exact) mass is 282 g/mol. The van der Waals surface area contributed by atoms with Gasteiger partial charge in [-0.15, -0.1) is 11.6 Å². The number of benzene rings is 2. The standard InChI is InChI=1S/C15H13ClF2O/c1-2-19-14-6-4-3-5-11(14)15(16)10-7-8-12(17)13(18)9-10/h3-9,15H,2H2,1H3. The third-order valence-electron chi connectivity index (χ3n) is 2.73. The number of hydrogen-bond acceptors (Lipinski definition) is 1.